The highest BCUT2D eigenvalue weighted by Crippen LogP contribution is 2.35. The highest BCUT2D eigenvalue weighted by Gasteiger charge is 2.40. The van der Waals surface area contributed by atoms with E-state index in [1.165, 1.54) is 11.1 Å². The van der Waals surface area contributed by atoms with Gasteiger partial charge in [-0.1, -0.05) is 79.7 Å². The summed E-state index contributed by atoms with van der Waals surface area (Å²) >= 11 is 0. The van der Waals surface area contributed by atoms with Crippen molar-refractivity contribution in [1.29, 1.82) is 0 Å². The maximum absolute atomic E-state index is 13.1. The van der Waals surface area contributed by atoms with Gasteiger partial charge in [0.05, 0.1) is 0 Å². The molecule has 4 nitrogen and oxygen atoms in total. The van der Waals surface area contributed by atoms with Crippen LogP contribution in [0.4, 0.5) is 0 Å². The van der Waals surface area contributed by atoms with E-state index in [0.29, 0.717) is 18.7 Å². The summed E-state index contributed by atoms with van der Waals surface area (Å²) in [6, 6.07) is 25.1. The molecule has 0 bridgehead atoms. The number of nitrogens with zero attached hydrogens (tertiary/aromatic N) is 1. The molecule has 0 aromatic heterocycles. The van der Waals surface area contributed by atoms with Crippen molar-refractivity contribution in [3.8, 4) is 0 Å². The summed E-state index contributed by atoms with van der Waals surface area (Å²) in [4.78, 5) is 27.9. The highest BCUT2D eigenvalue weighted by atomic mass is 16.2. The van der Waals surface area contributed by atoms with Gasteiger partial charge in [0.15, 0.2) is 0 Å². The summed E-state index contributed by atoms with van der Waals surface area (Å²) in [7, 11) is 0. The molecule has 1 unspecified atom stereocenters. The third-order valence-corrected chi connectivity index (χ3v) is 5.65. The Hall–Kier alpha value is -3.40. The first-order valence-corrected chi connectivity index (χ1v) is 10.5. The molecule has 152 valence electrons. The zero-order valence-corrected chi connectivity index (χ0v) is 17.2. The first kappa shape index (κ1) is 19.9. The molecule has 0 fully saturated rings. The van der Waals surface area contributed by atoms with Gasteiger partial charge in [-0.05, 0) is 41.2 Å². The van der Waals surface area contributed by atoms with E-state index in [0.717, 1.165) is 24.0 Å². The number of carbonyl (C=O) groups excluding carboxylic acids is 2. The zero-order chi connectivity index (χ0) is 20.9. The van der Waals surface area contributed by atoms with Crippen molar-refractivity contribution in [3.05, 3.63) is 107 Å². The molecule has 1 atom stereocenters. The molecule has 30 heavy (non-hydrogen) atoms. The average Bonchev–Trinajstić information content (AvgIpc) is 3.07. The summed E-state index contributed by atoms with van der Waals surface area (Å²) in [6.07, 6.45) is 1.73. The Morgan fingerprint density at radius 3 is 2.27 bits per heavy atom. The monoisotopic (exact) mass is 398 g/mol. The van der Waals surface area contributed by atoms with Gasteiger partial charge in [-0.25, -0.2) is 0 Å². The topological polar surface area (TPSA) is 49.4 Å². The number of rotatable bonds is 7. The molecule has 0 saturated heterocycles. The van der Waals surface area contributed by atoms with Gasteiger partial charge in [0.2, 0.25) is 5.91 Å². The summed E-state index contributed by atoms with van der Waals surface area (Å²) in [5.74, 6) is -0.220. The maximum atomic E-state index is 13.1. The van der Waals surface area contributed by atoms with Crippen molar-refractivity contribution >= 4 is 11.8 Å². The van der Waals surface area contributed by atoms with E-state index < -0.39 is 6.04 Å². The normalized spacial score (nSPS) is 15.2. The van der Waals surface area contributed by atoms with Crippen LogP contribution in [0.1, 0.15) is 45.6 Å². The van der Waals surface area contributed by atoms with E-state index in [9.17, 15) is 9.59 Å². The van der Waals surface area contributed by atoms with Crippen LogP contribution in [0, 0.1) is 0 Å². The second kappa shape index (κ2) is 8.95. The molecule has 4 rings (SSSR count). The second-order valence-electron chi connectivity index (χ2n) is 7.62. The van der Waals surface area contributed by atoms with Crippen molar-refractivity contribution < 1.29 is 9.59 Å². The van der Waals surface area contributed by atoms with Crippen LogP contribution in [0.3, 0.4) is 0 Å². The predicted octanol–water partition coefficient (Wildman–Crippen LogP) is 4.31. The molecule has 1 N–H and O–H groups in total. The fraction of sp³-hybridized carbons (Fsp3) is 0.231. The van der Waals surface area contributed by atoms with Crippen molar-refractivity contribution in [2.24, 2.45) is 0 Å². The number of benzene rings is 3. The molecule has 0 aliphatic carbocycles. The van der Waals surface area contributed by atoms with Crippen molar-refractivity contribution in [2.45, 2.75) is 32.4 Å². The van der Waals surface area contributed by atoms with Gasteiger partial charge in [0.25, 0.3) is 5.91 Å². The van der Waals surface area contributed by atoms with E-state index >= 15 is 0 Å². The summed E-state index contributed by atoms with van der Waals surface area (Å²) < 4.78 is 0. The summed E-state index contributed by atoms with van der Waals surface area (Å²) in [5.41, 5.74) is 4.85. The van der Waals surface area contributed by atoms with E-state index in [1.54, 1.807) is 4.90 Å². The predicted molar refractivity (Wildman–Crippen MR) is 118 cm³/mol. The number of hydrogen-bond donors (Lipinski definition) is 1. The fourth-order valence-corrected chi connectivity index (χ4v) is 3.96. The van der Waals surface area contributed by atoms with E-state index in [1.807, 2.05) is 66.7 Å². The van der Waals surface area contributed by atoms with Gasteiger partial charge in [-0.3, -0.25) is 9.59 Å². The Bertz CT molecular complexity index is 1030. The smallest absolute Gasteiger partial charge is 0.255 e. The zero-order valence-electron chi connectivity index (χ0n) is 17.2. The van der Waals surface area contributed by atoms with Crippen LogP contribution >= 0.6 is 0 Å². The van der Waals surface area contributed by atoms with Gasteiger partial charge < -0.3 is 10.2 Å². The largest absolute Gasteiger partial charge is 0.354 e. The Labute approximate surface area is 177 Å². The molecule has 0 spiro atoms. The van der Waals surface area contributed by atoms with Gasteiger partial charge in [0.1, 0.15) is 6.04 Å². The quantitative estimate of drug-likeness (QED) is 0.645. The SMILES string of the molecule is CCc1ccc(CN2C(=O)c3ccccc3C2C(=O)NCCc2ccccc2)cc1. The van der Waals surface area contributed by atoms with Crippen molar-refractivity contribution in [3.63, 3.8) is 0 Å². The lowest BCUT2D eigenvalue weighted by molar-refractivity contribution is -0.125. The van der Waals surface area contributed by atoms with Crippen molar-refractivity contribution in [1.82, 2.24) is 10.2 Å². The van der Waals surface area contributed by atoms with E-state index in [2.05, 4.69) is 24.4 Å². The number of fused-ring (bicyclic) bond motifs is 1. The molecule has 3 aromatic rings. The third kappa shape index (κ3) is 4.13. The van der Waals surface area contributed by atoms with Crippen LogP contribution in [-0.2, 0) is 24.2 Å². The highest BCUT2D eigenvalue weighted by molar-refractivity contribution is 6.04. The number of aryl methyl sites for hydroxylation is 1. The molecule has 3 aromatic carbocycles. The fourth-order valence-electron chi connectivity index (χ4n) is 3.96. The molecule has 4 heteroatoms. The molecular formula is C26H26N2O2. The third-order valence-electron chi connectivity index (χ3n) is 5.65. The average molecular weight is 399 g/mol. The van der Waals surface area contributed by atoms with Gasteiger partial charge >= 0.3 is 0 Å². The Kier molecular flexibility index (Phi) is 5.94. The number of nitrogens with one attached hydrogen (secondary N) is 1. The lowest BCUT2D eigenvalue weighted by Crippen LogP contribution is -2.39. The lowest BCUT2D eigenvalue weighted by Gasteiger charge is -2.25. The Morgan fingerprint density at radius 1 is 0.867 bits per heavy atom. The molecule has 1 aliphatic rings. The first-order chi connectivity index (χ1) is 14.7. The van der Waals surface area contributed by atoms with Crippen LogP contribution < -0.4 is 5.32 Å². The standard InChI is InChI=1S/C26H26N2O2/c1-2-19-12-14-21(15-13-19)18-28-24(22-10-6-7-11-23(22)26(28)30)25(29)27-17-16-20-8-4-3-5-9-20/h3-15,24H,2,16-18H2,1H3,(H,27,29). The first-order valence-electron chi connectivity index (χ1n) is 10.5. The van der Waals surface area contributed by atoms with Crippen LogP contribution in [0.5, 0.6) is 0 Å². The summed E-state index contributed by atoms with van der Waals surface area (Å²) in [6.45, 7) is 3.06. The van der Waals surface area contributed by atoms with Gasteiger partial charge in [-0.15, -0.1) is 0 Å². The molecule has 0 saturated carbocycles. The molecule has 2 amide bonds. The molecule has 1 aliphatic heterocycles. The number of amides is 2. The molecule has 0 radical (unpaired) electrons. The van der Waals surface area contributed by atoms with Crippen LogP contribution in [-0.4, -0.2) is 23.3 Å². The van der Waals surface area contributed by atoms with E-state index in [4.69, 9.17) is 0 Å². The number of hydrogen-bond acceptors (Lipinski definition) is 2. The Balaban J connectivity index is 1.52. The van der Waals surface area contributed by atoms with Crippen molar-refractivity contribution in [2.75, 3.05) is 6.54 Å². The van der Waals surface area contributed by atoms with Crippen LogP contribution in [0.25, 0.3) is 0 Å². The summed E-state index contributed by atoms with van der Waals surface area (Å²) in [5, 5.41) is 3.04. The van der Waals surface area contributed by atoms with Crippen LogP contribution in [0.2, 0.25) is 0 Å². The second-order valence-corrected chi connectivity index (χ2v) is 7.62. The minimum Gasteiger partial charge on any atom is -0.354 e. The van der Waals surface area contributed by atoms with Gasteiger partial charge in [-0.2, -0.15) is 0 Å². The molecular weight excluding hydrogens is 372 g/mol. The van der Waals surface area contributed by atoms with Gasteiger partial charge in [0, 0.05) is 18.7 Å². The van der Waals surface area contributed by atoms with E-state index in [-0.39, 0.29) is 11.8 Å². The minimum atomic E-state index is -0.602. The minimum absolute atomic E-state index is 0.0895. The Morgan fingerprint density at radius 2 is 1.53 bits per heavy atom. The van der Waals surface area contributed by atoms with Crippen LogP contribution in [0.15, 0.2) is 78.9 Å². The molecule has 1 heterocycles. The number of carbonyl (C=O) groups is 2. The lowest BCUT2D eigenvalue weighted by atomic mass is 10.0. The maximum Gasteiger partial charge on any atom is 0.255 e.